The van der Waals surface area contributed by atoms with Crippen molar-refractivity contribution in [3.8, 4) is 0 Å². The highest BCUT2D eigenvalue weighted by Crippen LogP contribution is 2.12. The number of nitrogens with one attached hydrogen (secondary N) is 1. The zero-order chi connectivity index (χ0) is 9.30. The van der Waals surface area contributed by atoms with Gasteiger partial charge in [-0.2, -0.15) is 4.98 Å². The molecule has 68 valence electrons. The number of hydrogen-bond acceptors (Lipinski definition) is 2. The molecule has 0 amide bonds. The van der Waals surface area contributed by atoms with Crippen molar-refractivity contribution in [2.24, 2.45) is 0 Å². The van der Waals surface area contributed by atoms with Crippen LogP contribution in [0.25, 0.3) is 0 Å². The first-order valence-corrected chi connectivity index (χ1v) is 4.20. The molecule has 0 spiro atoms. The van der Waals surface area contributed by atoms with Crippen molar-refractivity contribution in [3.05, 3.63) is 16.3 Å². The summed E-state index contributed by atoms with van der Waals surface area (Å²) >= 11 is 0. The molecule has 0 saturated carbocycles. The van der Waals surface area contributed by atoms with Crippen molar-refractivity contribution in [1.29, 1.82) is 0 Å². The van der Waals surface area contributed by atoms with E-state index in [0.29, 0.717) is 0 Å². The Bertz CT molecular complexity index is 280. The minimum Gasteiger partial charge on any atom is -0.267 e. The van der Waals surface area contributed by atoms with Crippen molar-refractivity contribution < 1.29 is 0 Å². The summed E-state index contributed by atoms with van der Waals surface area (Å²) in [6.45, 7) is 8.08. The molecule has 0 unspecified atom stereocenters. The lowest BCUT2D eigenvalue weighted by molar-refractivity contribution is 0.491. The van der Waals surface area contributed by atoms with E-state index in [-0.39, 0.29) is 17.6 Å². The summed E-state index contributed by atoms with van der Waals surface area (Å²) in [4.78, 5) is 14.8. The van der Waals surface area contributed by atoms with Crippen molar-refractivity contribution in [2.75, 3.05) is 0 Å². The van der Waals surface area contributed by atoms with Crippen LogP contribution in [-0.4, -0.2) is 14.8 Å². The van der Waals surface area contributed by atoms with Gasteiger partial charge in [-0.1, -0.05) is 13.8 Å². The number of aromatic amines is 1. The van der Waals surface area contributed by atoms with Crippen LogP contribution in [0.5, 0.6) is 0 Å². The molecule has 0 aliphatic heterocycles. The first-order chi connectivity index (χ1) is 5.52. The van der Waals surface area contributed by atoms with E-state index in [9.17, 15) is 4.79 Å². The Labute approximate surface area is 71.6 Å². The fourth-order valence-electron chi connectivity index (χ4n) is 1.14. The molecule has 0 bridgehead atoms. The molecule has 0 atom stereocenters. The predicted octanol–water partition coefficient (Wildman–Crippen LogP) is 1.28. The third-order valence-electron chi connectivity index (χ3n) is 1.71. The molecule has 0 radical (unpaired) electrons. The van der Waals surface area contributed by atoms with Gasteiger partial charge in [0.05, 0.1) is 0 Å². The van der Waals surface area contributed by atoms with Crippen LogP contribution in [0.2, 0.25) is 0 Å². The normalized spacial score (nSPS) is 11.5. The van der Waals surface area contributed by atoms with Crippen LogP contribution in [0, 0.1) is 0 Å². The molecule has 1 N–H and O–H groups in total. The summed E-state index contributed by atoms with van der Waals surface area (Å²) in [5, 5.41) is 2.68. The Morgan fingerprint density at radius 1 is 1.33 bits per heavy atom. The lowest BCUT2D eigenvalue weighted by Crippen LogP contribution is -2.10. The highest BCUT2D eigenvalue weighted by molar-refractivity contribution is 4.92. The van der Waals surface area contributed by atoms with Crippen molar-refractivity contribution >= 4 is 0 Å². The maximum Gasteiger partial charge on any atom is 0.361 e. The first kappa shape index (κ1) is 9.03. The van der Waals surface area contributed by atoms with Gasteiger partial charge in [0.2, 0.25) is 0 Å². The van der Waals surface area contributed by atoms with Gasteiger partial charge >= 0.3 is 5.69 Å². The zero-order valence-corrected chi connectivity index (χ0v) is 7.96. The topological polar surface area (TPSA) is 50.7 Å². The number of nitrogens with zero attached hydrogens (tertiary/aromatic N) is 2. The van der Waals surface area contributed by atoms with E-state index in [1.54, 1.807) is 0 Å². The van der Waals surface area contributed by atoms with Crippen LogP contribution in [-0.2, 0) is 0 Å². The van der Waals surface area contributed by atoms with E-state index < -0.39 is 0 Å². The van der Waals surface area contributed by atoms with Crippen molar-refractivity contribution in [2.45, 2.75) is 39.7 Å². The summed E-state index contributed by atoms with van der Waals surface area (Å²) in [6, 6.07) is 0.262. The van der Waals surface area contributed by atoms with E-state index in [1.165, 1.54) is 0 Å². The average molecular weight is 169 g/mol. The molecule has 0 fully saturated rings. The molecular weight excluding hydrogens is 154 g/mol. The van der Waals surface area contributed by atoms with Crippen LogP contribution in [0.1, 0.15) is 45.5 Å². The van der Waals surface area contributed by atoms with E-state index in [4.69, 9.17) is 0 Å². The van der Waals surface area contributed by atoms with Gasteiger partial charge in [0.15, 0.2) is 0 Å². The second kappa shape index (κ2) is 3.13. The van der Waals surface area contributed by atoms with E-state index in [2.05, 4.69) is 10.1 Å². The summed E-state index contributed by atoms with van der Waals surface area (Å²) in [5.74, 6) is 1.11. The molecule has 1 rings (SSSR count). The van der Waals surface area contributed by atoms with Gasteiger partial charge in [0.25, 0.3) is 0 Å². The molecule has 1 aromatic heterocycles. The summed E-state index contributed by atoms with van der Waals surface area (Å²) in [6.07, 6.45) is 0. The Balaban J connectivity index is 3.17. The van der Waals surface area contributed by atoms with Crippen LogP contribution >= 0.6 is 0 Å². The molecule has 0 aliphatic carbocycles. The summed E-state index contributed by atoms with van der Waals surface area (Å²) in [7, 11) is 0. The number of rotatable bonds is 2. The molecule has 0 aliphatic rings. The van der Waals surface area contributed by atoms with E-state index in [1.807, 2.05) is 32.4 Å². The standard InChI is InChI=1S/C8H15N3O/c1-5(2)7-9-8(12)10-11(7)6(3)4/h5-6H,1-4H3,(H,10,12). The molecule has 4 heteroatoms. The summed E-state index contributed by atoms with van der Waals surface area (Å²) in [5.41, 5.74) is -0.257. The van der Waals surface area contributed by atoms with Gasteiger partial charge in [-0.25, -0.2) is 9.89 Å². The fourth-order valence-corrected chi connectivity index (χ4v) is 1.14. The quantitative estimate of drug-likeness (QED) is 0.725. The minimum atomic E-state index is -0.257. The minimum absolute atomic E-state index is 0.257. The molecule has 1 heterocycles. The summed E-state index contributed by atoms with van der Waals surface area (Å²) < 4.78 is 1.81. The van der Waals surface area contributed by atoms with Crippen LogP contribution in [0.4, 0.5) is 0 Å². The Hall–Kier alpha value is -1.06. The van der Waals surface area contributed by atoms with Gasteiger partial charge in [-0.05, 0) is 13.8 Å². The fraction of sp³-hybridized carbons (Fsp3) is 0.750. The van der Waals surface area contributed by atoms with Gasteiger partial charge in [-0.15, -0.1) is 0 Å². The third kappa shape index (κ3) is 1.57. The van der Waals surface area contributed by atoms with Gasteiger partial charge < -0.3 is 0 Å². The number of aromatic nitrogens is 3. The second-order valence-electron chi connectivity index (χ2n) is 3.51. The largest absolute Gasteiger partial charge is 0.361 e. The van der Waals surface area contributed by atoms with Crippen molar-refractivity contribution in [1.82, 2.24) is 14.8 Å². The Morgan fingerprint density at radius 2 is 1.92 bits per heavy atom. The third-order valence-corrected chi connectivity index (χ3v) is 1.71. The molecule has 4 nitrogen and oxygen atoms in total. The molecule has 1 aromatic rings. The molecule has 0 saturated heterocycles. The van der Waals surface area contributed by atoms with E-state index >= 15 is 0 Å². The molecule has 0 aromatic carbocycles. The van der Waals surface area contributed by atoms with Crippen LogP contribution in [0.15, 0.2) is 4.79 Å². The Morgan fingerprint density at radius 3 is 2.25 bits per heavy atom. The SMILES string of the molecule is CC(C)c1nc(=O)[nH]n1C(C)C. The smallest absolute Gasteiger partial charge is 0.267 e. The van der Waals surface area contributed by atoms with Gasteiger partial charge in [-0.3, -0.25) is 4.68 Å². The van der Waals surface area contributed by atoms with Crippen LogP contribution < -0.4 is 5.69 Å². The van der Waals surface area contributed by atoms with Crippen LogP contribution in [0.3, 0.4) is 0 Å². The number of H-pyrrole nitrogens is 1. The lowest BCUT2D eigenvalue weighted by atomic mass is 10.2. The Kier molecular flexibility index (Phi) is 2.35. The predicted molar refractivity (Wildman–Crippen MR) is 47.3 cm³/mol. The highest BCUT2D eigenvalue weighted by Gasteiger charge is 2.11. The van der Waals surface area contributed by atoms with Gasteiger partial charge in [0, 0.05) is 12.0 Å². The highest BCUT2D eigenvalue weighted by atomic mass is 16.1. The van der Waals surface area contributed by atoms with Gasteiger partial charge in [0.1, 0.15) is 5.82 Å². The molecule has 12 heavy (non-hydrogen) atoms. The zero-order valence-electron chi connectivity index (χ0n) is 7.96. The van der Waals surface area contributed by atoms with Crippen molar-refractivity contribution in [3.63, 3.8) is 0 Å². The maximum atomic E-state index is 10.9. The number of hydrogen-bond donors (Lipinski definition) is 1. The monoisotopic (exact) mass is 169 g/mol. The lowest BCUT2D eigenvalue weighted by Gasteiger charge is -2.11. The first-order valence-electron chi connectivity index (χ1n) is 4.20. The van der Waals surface area contributed by atoms with E-state index in [0.717, 1.165) is 5.82 Å². The molecular formula is C8H15N3O. The second-order valence-corrected chi connectivity index (χ2v) is 3.51. The maximum absolute atomic E-state index is 10.9. The average Bonchev–Trinajstić information content (AvgIpc) is 2.31.